The molecular formula is C15H26N2O2. The molecule has 3 aliphatic rings. The average molecular weight is 266 g/mol. The summed E-state index contributed by atoms with van der Waals surface area (Å²) in [5.74, 6) is 0. The summed E-state index contributed by atoms with van der Waals surface area (Å²) in [6, 6.07) is 0.844. The maximum atomic E-state index is 11.4. The Labute approximate surface area is 116 Å². The number of rotatable bonds is 4. The van der Waals surface area contributed by atoms with Crippen molar-refractivity contribution in [1.82, 2.24) is 9.80 Å². The van der Waals surface area contributed by atoms with Crippen LogP contribution in [0.5, 0.6) is 0 Å². The van der Waals surface area contributed by atoms with E-state index in [1.165, 1.54) is 38.8 Å². The number of ether oxygens (including phenoxy) is 1. The van der Waals surface area contributed by atoms with Crippen LogP contribution in [0.15, 0.2) is 0 Å². The molecule has 1 atom stereocenters. The van der Waals surface area contributed by atoms with Crippen molar-refractivity contribution < 1.29 is 9.53 Å². The second-order valence-corrected chi connectivity index (χ2v) is 6.53. The number of carbonyl (C=O) groups excluding carboxylic acids is 1. The van der Waals surface area contributed by atoms with Crippen molar-refractivity contribution in [2.75, 3.05) is 45.9 Å². The summed E-state index contributed by atoms with van der Waals surface area (Å²) in [7, 11) is 0. The standard InChI is InChI=1S/C15H26N2O2/c18-12-15(5-10-19-13-15)11-16-6-8-17(9-7-16)14-3-1-2-4-14/h12,14H,1-11,13H2. The second kappa shape index (κ2) is 5.90. The third-order valence-electron chi connectivity index (χ3n) is 5.17. The third kappa shape index (κ3) is 3.01. The molecule has 108 valence electrons. The van der Waals surface area contributed by atoms with Crippen molar-refractivity contribution in [1.29, 1.82) is 0 Å². The second-order valence-electron chi connectivity index (χ2n) is 6.53. The van der Waals surface area contributed by atoms with Crippen LogP contribution in [0.1, 0.15) is 32.1 Å². The number of piperazine rings is 1. The fourth-order valence-electron chi connectivity index (χ4n) is 3.88. The van der Waals surface area contributed by atoms with Crippen molar-refractivity contribution >= 4 is 6.29 Å². The van der Waals surface area contributed by atoms with Crippen LogP contribution < -0.4 is 0 Å². The Morgan fingerprint density at radius 3 is 2.47 bits per heavy atom. The molecular weight excluding hydrogens is 240 g/mol. The van der Waals surface area contributed by atoms with E-state index in [0.29, 0.717) is 6.61 Å². The Bertz CT molecular complexity index is 301. The smallest absolute Gasteiger partial charge is 0.129 e. The van der Waals surface area contributed by atoms with Gasteiger partial charge in [-0.2, -0.15) is 0 Å². The monoisotopic (exact) mass is 266 g/mol. The maximum Gasteiger partial charge on any atom is 0.129 e. The molecule has 2 saturated heterocycles. The minimum atomic E-state index is -0.213. The molecule has 0 radical (unpaired) electrons. The van der Waals surface area contributed by atoms with E-state index in [1.807, 2.05) is 0 Å². The zero-order valence-corrected chi connectivity index (χ0v) is 11.9. The van der Waals surface area contributed by atoms with Crippen molar-refractivity contribution in [3.05, 3.63) is 0 Å². The molecule has 1 unspecified atom stereocenters. The van der Waals surface area contributed by atoms with Crippen molar-refractivity contribution in [2.45, 2.75) is 38.1 Å². The fraction of sp³-hybridized carbons (Fsp3) is 0.933. The van der Waals surface area contributed by atoms with Gasteiger partial charge in [0.05, 0.1) is 12.0 Å². The van der Waals surface area contributed by atoms with Gasteiger partial charge in [0.2, 0.25) is 0 Å². The predicted molar refractivity (Wildman–Crippen MR) is 74.2 cm³/mol. The van der Waals surface area contributed by atoms with E-state index >= 15 is 0 Å². The van der Waals surface area contributed by atoms with Crippen LogP contribution in [0.4, 0.5) is 0 Å². The van der Waals surface area contributed by atoms with E-state index < -0.39 is 0 Å². The Hall–Kier alpha value is -0.450. The SMILES string of the molecule is O=CC1(CN2CCN(C3CCCC3)CC2)CCOC1. The molecule has 0 aromatic rings. The van der Waals surface area contributed by atoms with Crippen LogP contribution in [-0.2, 0) is 9.53 Å². The molecule has 2 heterocycles. The first-order chi connectivity index (χ1) is 9.31. The lowest BCUT2D eigenvalue weighted by molar-refractivity contribution is -0.117. The predicted octanol–water partition coefficient (Wildman–Crippen LogP) is 1.15. The van der Waals surface area contributed by atoms with E-state index in [9.17, 15) is 4.79 Å². The highest BCUT2D eigenvalue weighted by molar-refractivity contribution is 5.60. The lowest BCUT2D eigenvalue weighted by atomic mass is 9.88. The number of carbonyl (C=O) groups is 1. The molecule has 3 rings (SSSR count). The van der Waals surface area contributed by atoms with E-state index in [0.717, 1.165) is 45.0 Å². The highest BCUT2D eigenvalue weighted by Crippen LogP contribution is 2.29. The highest BCUT2D eigenvalue weighted by atomic mass is 16.5. The lowest BCUT2D eigenvalue weighted by Crippen LogP contribution is -2.52. The van der Waals surface area contributed by atoms with Crippen LogP contribution in [0.2, 0.25) is 0 Å². The summed E-state index contributed by atoms with van der Waals surface area (Å²) in [6.07, 6.45) is 7.66. The van der Waals surface area contributed by atoms with Gasteiger partial charge in [0, 0.05) is 45.4 Å². The summed E-state index contributed by atoms with van der Waals surface area (Å²) in [6.45, 7) is 6.87. The van der Waals surface area contributed by atoms with Gasteiger partial charge in [0.25, 0.3) is 0 Å². The number of nitrogens with zero attached hydrogens (tertiary/aromatic N) is 2. The van der Waals surface area contributed by atoms with Crippen molar-refractivity contribution in [2.24, 2.45) is 5.41 Å². The summed E-state index contributed by atoms with van der Waals surface area (Å²) in [4.78, 5) is 16.5. The minimum absolute atomic E-state index is 0.213. The van der Waals surface area contributed by atoms with E-state index in [1.54, 1.807) is 0 Å². The van der Waals surface area contributed by atoms with Gasteiger partial charge in [-0.15, -0.1) is 0 Å². The zero-order valence-electron chi connectivity index (χ0n) is 11.9. The number of hydrogen-bond donors (Lipinski definition) is 0. The average Bonchev–Trinajstić information content (AvgIpc) is 3.11. The van der Waals surface area contributed by atoms with Gasteiger partial charge in [0.1, 0.15) is 6.29 Å². The van der Waals surface area contributed by atoms with Gasteiger partial charge >= 0.3 is 0 Å². The number of hydrogen-bond acceptors (Lipinski definition) is 4. The topological polar surface area (TPSA) is 32.8 Å². The summed E-state index contributed by atoms with van der Waals surface area (Å²) in [5, 5.41) is 0. The Kier molecular flexibility index (Phi) is 4.20. The third-order valence-corrected chi connectivity index (χ3v) is 5.17. The van der Waals surface area contributed by atoms with Gasteiger partial charge in [0.15, 0.2) is 0 Å². The molecule has 1 aliphatic carbocycles. The fourth-order valence-corrected chi connectivity index (χ4v) is 3.88. The first kappa shape index (κ1) is 13.5. The zero-order chi connectivity index (χ0) is 13.1. The van der Waals surface area contributed by atoms with Crippen LogP contribution in [0.3, 0.4) is 0 Å². The largest absolute Gasteiger partial charge is 0.380 e. The van der Waals surface area contributed by atoms with E-state index in [-0.39, 0.29) is 5.41 Å². The Balaban J connectivity index is 1.48. The molecule has 0 bridgehead atoms. The first-order valence-corrected chi connectivity index (χ1v) is 7.82. The molecule has 0 aromatic carbocycles. The van der Waals surface area contributed by atoms with Gasteiger partial charge < -0.3 is 9.53 Å². The van der Waals surface area contributed by atoms with E-state index in [4.69, 9.17) is 4.74 Å². The summed E-state index contributed by atoms with van der Waals surface area (Å²) in [5.41, 5.74) is -0.213. The molecule has 4 nitrogen and oxygen atoms in total. The molecule has 0 spiro atoms. The molecule has 1 saturated carbocycles. The van der Waals surface area contributed by atoms with Crippen LogP contribution >= 0.6 is 0 Å². The van der Waals surface area contributed by atoms with Crippen LogP contribution in [-0.4, -0.2) is 68.1 Å². The Morgan fingerprint density at radius 2 is 1.89 bits per heavy atom. The van der Waals surface area contributed by atoms with Crippen LogP contribution in [0, 0.1) is 5.41 Å². The minimum Gasteiger partial charge on any atom is -0.380 e. The van der Waals surface area contributed by atoms with Crippen LogP contribution in [0.25, 0.3) is 0 Å². The molecule has 4 heteroatoms. The van der Waals surface area contributed by atoms with Gasteiger partial charge in [-0.05, 0) is 19.3 Å². The van der Waals surface area contributed by atoms with E-state index in [2.05, 4.69) is 9.80 Å². The number of aldehydes is 1. The maximum absolute atomic E-state index is 11.4. The molecule has 19 heavy (non-hydrogen) atoms. The highest BCUT2D eigenvalue weighted by Gasteiger charge is 2.37. The Morgan fingerprint density at radius 1 is 1.16 bits per heavy atom. The van der Waals surface area contributed by atoms with Gasteiger partial charge in [-0.1, -0.05) is 12.8 Å². The van der Waals surface area contributed by atoms with Gasteiger partial charge in [-0.25, -0.2) is 0 Å². The van der Waals surface area contributed by atoms with Gasteiger partial charge in [-0.3, -0.25) is 9.80 Å². The lowest BCUT2D eigenvalue weighted by Gasteiger charge is -2.40. The van der Waals surface area contributed by atoms with Crippen molar-refractivity contribution in [3.8, 4) is 0 Å². The molecule has 3 fully saturated rings. The van der Waals surface area contributed by atoms with Crippen molar-refractivity contribution in [3.63, 3.8) is 0 Å². The normalized spacial score (nSPS) is 34.9. The summed E-state index contributed by atoms with van der Waals surface area (Å²) < 4.78 is 5.43. The molecule has 2 aliphatic heterocycles. The molecule has 0 aromatic heterocycles. The summed E-state index contributed by atoms with van der Waals surface area (Å²) >= 11 is 0. The molecule has 0 amide bonds. The first-order valence-electron chi connectivity index (χ1n) is 7.82. The molecule has 0 N–H and O–H groups in total. The quantitative estimate of drug-likeness (QED) is 0.715.